The molecule has 26 heavy (non-hydrogen) atoms. The molecule has 1 aromatic heterocycles. The molecule has 0 spiro atoms. The van der Waals surface area contributed by atoms with Crippen molar-refractivity contribution in [1.82, 2.24) is 15.3 Å². The summed E-state index contributed by atoms with van der Waals surface area (Å²) in [5.74, 6) is 0.196. The Hall–Kier alpha value is -2.63. The van der Waals surface area contributed by atoms with Crippen molar-refractivity contribution in [3.8, 4) is 0 Å². The van der Waals surface area contributed by atoms with E-state index < -0.39 is 5.56 Å². The number of aryl methyl sites for hydroxylation is 2. The summed E-state index contributed by atoms with van der Waals surface area (Å²) in [6.45, 7) is 7.61. The van der Waals surface area contributed by atoms with Crippen molar-refractivity contribution in [3.63, 3.8) is 0 Å². The van der Waals surface area contributed by atoms with Crippen molar-refractivity contribution < 1.29 is 4.79 Å². The number of aromatic nitrogens is 2. The molecule has 138 valence electrons. The molecule has 1 heterocycles. The van der Waals surface area contributed by atoms with Crippen molar-refractivity contribution in [2.45, 2.75) is 58.4 Å². The predicted octanol–water partition coefficient (Wildman–Crippen LogP) is 2.77. The predicted molar refractivity (Wildman–Crippen MR) is 102 cm³/mol. The van der Waals surface area contributed by atoms with Crippen LogP contribution in [0.3, 0.4) is 0 Å². The van der Waals surface area contributed by atoms with Crippen molar-refractivity contribution in [1.29, 1.82) is 0 Å². The van der Waals surface area contributed by atoms with Crippen LogP contribution in [-0.2, 0) is 11.8 Å². The lowest BCUT2D eigenvalue weighted by molar-refractivity contribution is 0.0930. The van der Waals surface area contributed by atoms with Gasteiger partial charge in [-0.3, -0.25) is 9.59 Å². The molecular weight excluding hydrogens is 328 g/mol. The Balaban J connectivity index is 1.90. The van der Waals surface area contributed by atoms with Crippen molar-refractivity contribution >= 4 is 11.6 Å². The van der Waals surface area contributed by atoms with E-state index in [1.807, 2.05) is 39.0 Å². The van der Waals surface area contributed by atoms with Gasteiger partial charge in [0, 0.05) is 11.1 Å². The number of hydrogen-bond acceptors (Lipinski definition) is 4. The average molecular weight is 354 g/mol. The van der Waals surface area contributed by atoms with Crippen LogP contribution in [0.25, 0.3) is 0 Å². The van der Waals surface area contributed by atoms with Gasteiger partial charge in [0.2, 0.25) is 0 Å². The fourth-order valence-electron chi connectivity index (χ4n) is 3.42. The molecule has 0 saturated heterocycles. The number of hydrogen-bond donors (Lipinski definition) is 3. The summed E-state index contributed by atoms with van der Waals surface area (Å²) < 4.78 is 0. The van der Waals surface area contributed by atoms with Gasteiger partial charge in [-0.2, -0.15) is 0 Å². The highest BCUT2D eigenvalue weighted by Crippen LogP contribution is 2.31. The molecule has 3 rings (SSSR count). The molecule has 1 aliphatic carbocycles. The van der Waals surface area contributed by atoms with Gasteiger partial charge in [0.15, 0.2) is 0 Å². The second kappa shape index (κ2) is 6.59. The van der Waals surface area contributed by atoms with Crippen molar-refractivity contribution in [2.24, 2.45) is 0 Å². The summed E-state index contributed by atoms with van der Waals surface area (Å²) in [7, 11) is 0. The van der Waals surface area contributed by atoms with Crippen LogP contribution in [-0.4, -0.2) is 15.9 Å². The number of benzene rings is 1. The molecule has 2 aromatic rings. The van der Waals surface area contributed by atoms with E-state index in [1.165, 1.54) is 0 Å². The van der Waals surface area contributed by atoms with Crippen LogP contribution >= 0.6 is 0 Å². The molecule has 4 N–H and O–H groups in total. The minimum absolute atomic E-state index is 0.0839. The van der Waals surface area contributed by atoms with E-state index in [0.29, 0.717) is 11.5 Å². The number of nitrogens with zero attached hydrogens (tertiary/aromatic N) is 1. The molecular formula is C20H26N4O2. The van der Waals surface area contributed by atoms with E-state index in [1.54, 1.807) is 6.92 Å². The minimum Gasteiger partial charge on any atom is -0.399 e. The summed E-state index contributed by atoms with van der Waals surface area (Å²) in [4.78, 5) is 32.5. The van der Waals surface area contributed by atoms with E-state index in [4.69, 9.17) is 5.73 Å². The molecule has 0 aliphatic heterocycles. The first-order valence-electron chi connectivity index (χ1n) is 8.97. The molecule has 1 unspecified atom stereocenters. The number of nitrogen functional groups attached to an aromatic ring is 1. The van der Waals surface area contributed by atoms with Gasteiger partial charge < -0.3 is 16.0 Å². The molecule has 1 amide bonds. The Morgan fingerprint density at radius 3 is 2.73 bits per heavy atom. The third-order valence-corrected chi connectivity index (χ3v) is 4.82. The van der Waals surface area contributed by atoms with E-state index in [0.717, 1.165) is 36.1 Å². The summed E-state index contributed by atoms with van der Waals surface area (Å²) >= 11 is 0. The Kier molecular flexibility index (Phi) is 4.61. The first-order chi connectivity index (χ1) is 12.2. The van der Waals surface area contributed by atoms with Gasteiger partial charge in [0.05, 0.1) is 11.7 Å². The molecule has 0 saturated carbocycles. The monoisotopic (exact) mass is 354 g/mol. The Bertz CT molecular complexity index is 909. The van der Waals surface area contributed by atoms with Gasteiger partial charge in [-0.1, -0.05) is 26.8 Å². The van der Waals surface area contributed by atoms with Gasteiger partial charge in [-0.05, 0) is 49.4 Å². The third-order valence-electron chi connectivity index (χ3n) is 4.82. The molecule has 1 aromatic carbocycles. The fourth-order valence-corrected chi connectivity index (χ4v) is 3.42. The maximum atomic E-state index is 12.8. The summed E-state index contributed by atoms with van der Waals surface area (Å²) in [5.41, 5.74) is 8.68. The lowest BCUT2D eigenvalue weighted by atomic mass is 9.87. The van der Waals surface area contributed by atoms with Gasteiger partial charge >= 0.3 is 0 Å². The minimum atomic E-state index is -0.395. The van der Waals surface area contributed by atoms with Crippen LogP contribution in [0.4, 0.5) is 5.69 Å². The second-order valence-electron chi connectivity index (χ2n) is 8.00. The van der Waals surface area contributed by atoms with Gasteiger partial charge in [-0.15, -0.1) is 0 Å². The second-order valence-corrected chi connectivity index (χ2v) is 8.00. The number of aromatic amines is 1. The Morgan fingerprint density at radius 2 is 2.08 bits per heavy atom. The highest BCUT2D eigenvalue weighted by molar-refractivity contribution is 5.95. The largest absolute Gasteiger partial charge is 0.399 e. The summed E-state index contributed by atoms with van der Waals surface area (Å²) in [6.07, 6.45) is 2.76. The first-order valence-corrected chi connectivity index (χ1v) is 8.97. The van der Waals surface area contributed by atoms with E-state index in [-0.39, 0.29) is 22.9 Å². The van der Waals surface area contributed by atoms with Crippen LogP contribution in [0.2, 0.25) is 0 Å². The van der Waals surface area contributed by atoms with Crippen LogP contribution in [0.1, 0.15) is 72.7 Å². The SMILES string of the molecule is Cc1nc(C(C)(C)C)[nH]c(=O)c1C(=O)NC1CCCc2cc(N)ccc21. The fraction of sp³-hybridized carbons (Fsp3) is 0.450. The molecule has 1 aliphatic rings. The number of anilines is 1. The number of H-pyrrole nitrogens is 1. The molecule has 0 fully saturated rings. The molecule has 1 atom stereocenters. The molecule has 6 heteroatoms. The lowest BCUT2D eigenvalue weighted by Crippen LogP contribution is -2.36. The van der Waals surface area contributed by atoms with Crippen LogP contribution in [0, 0.1) is 6.92 Å². The Morgan fingerprint density at radius 1 is 1.35 bits per heavy atom. The zero-order valence-electron chi connectivity index (χ0n) is 15.8. The maximum absolute atomic E-state index is 12.8. The van der Waals surface area contributed by atoms with E-state index in [9.17, 15) is 9.59 Å². The number of nitrogens with two attached hydrogens (primary N) is 1. The first kappa shape index (κ1) is 18.2. The highest BCUT2D eigenvalue weighted by Gasteiger charge is 2.26. The zero-order chi connectivity index (χ0) is 19.1. The van der Waals surface area contributed by atoms with Crippen molar-refractivity contribution in [3.05, 3.63) is 56.8 Å². The van der Waals surface area contributed by atoms with Crippen LogP contribution in [0.15, 0.2) is 23.0 Å². The smallest absolute Gasteiger partial charge is 0.264 e. The van der Waals surface area contributed by atoms with E-state index >= 15 is 0 Å². The number of rotatable bonds is 2. The van der Waals surface area contributed by atoms with Gasteiger partial charge in [0.1, 0.15) is 11.4 Å². The topological polar surface area (TPSA) is 101 Å². The number of carbonyl (C=O) groups is 1. The maximum Gasteiger partial charge on any atom is 0.264 e. The quantitative estimate of drug-likeness (QED) is 0.722. The highest BCUT2D eigenvalue weighted by atomic mass is 16.2. The molecule has 0 radical (unpaired) electrons. The van der Waals surface area contributed by atoms with Crippen LogP contribution in [0.5, 0.6) is 0 Å². The lowest BCUT2D eigenvalue weighted by Gasteiger charge is -2.27. The van der Waals surface area contributed by atoms with Gasteiger partial charge in [0.25, 0.3) is 11.5 Å². The number of amides is 1. The van der Waals surface area contributed by atoms with Crippen molar-refractivity contribution in [2.75, 3.05) is 5.73 Å². The summed E-state index contributed by atoms with van der Waals surface area (Å²) in [6, 6.07) is 5.66. The Labute approximate surface area is 153 Å². The normalized spacial score (nSPS) is 16.8. The number of fused-ring (bicyclic) bond motifs is 1. The average Bonchev–Trinajstić information content (AvgIpc) is 2.53. The van der Waals surface area contributed by atoms with E-state index in [2.05, 4.69) is 15.3 Å². The summed E-state index contributed by atoms with van der Waals surface area (Å²) in [5, 5.41) is 3.01. The van der Waals surface area contributed by atoms with Gasteiger partial charge in [-0.25, -0.2) is 4.98 Å². The standard InChI is InChI=1S/C20H26N4O2/c1-11-16(18(26)24-19(22-11)20(2,3)4)17(25)23-15-7-5-6-12-10-13(21)8-9-14(12)15/h8-10,15H,5-7,21H2,1-4H3,(H,23,25)(H,22,24,26). The van der Waals surface area contributed by atoms with Crippen LogP contribution < -0.4 is 16.6 Å². The number of carbonyl (C=O) groups excluding carboxylic acids is 1. The molecule has 0 bridgehead atoms. The molecule has 6 nitrogen and oxygen atoms in total. The third kappa shape index (κ3) is 3.49. The zero-order valence-corrected chi connectivity index (χ0v) is 15.8. The number of nitrogens with one attached hydrogen (secondary N) is 2.